The van der Waals surface area contributed by atoms with Gasteiger partial charge in [0.25, 0.3) is 0 Å². The van der Waals surface area contributed by atoms with Crippen LogP contribution in [0, 0.1) is 0 Å². The molecule has 1 unspecified atom stereocenters. The van der Waals surface area contributed by atoms with Gasteiger partial charge in [-0.25, -0.2) is 0 Å². The summed E-state index contributed by atoms with van der Waals surface area (Å²) in [6.45, 7) is 0.857. The maximum atomic E-state index is 9.38. The Bertz CT molecular complexity index is 163. The van der Waals surface area contributed by atoms with Crippen LogP contribution in [-0.2, 0) is 4.74 Å². The molecule has 76 valence electrons. The molecule has 1 N–H and O–H groups in total. The molecule has 0 bridgehead atoms. The fourth-order valence-electron chi connectivity index (χ4n) is 1.78. The van der Waals surface area contributed by atoms with Gasteiger partial charge in [-0.1, -0.05) is 11.6 Å². The van der Waals surface area contributed by atoms with Gasteiger partial charge in [0.1, 0.15) is 0 Å². The molecule has 1 rings (SSSR count). The van der Waals surface area contributed by atoms with Crippen LogP contribution in [0.4, 0.5) is 0 Å². The molecule has 0 aromatic carbocycles. The van der Waals surface area contributed by atoms with E-state index in [1.807, 2.05) is 6.08 Å². The summed E-state index contributed by atoms with van der Waals surface area (Å²) in [6, 6.07) is 0. The lowest BCUT2D eigenvalue weighted by Gasteiger charge is -2.16. The highest BCUT2D eigenvalue weighted by molar-refractivity contribution is 5.08. The van der Waals surface area contributed by atoms with Gasteiger partial charge in [-0.05, 0) is 38.5 Å². The van der Waals surface area contributed by atoms with Crippen molar-refractivity contribution in [2.45, 2.75) is 44.6 Å². The van der Waals surface area contributed by atoms with Crippen molar-refractivity contribution in [1.29, 1.82) is 0 Å². The molecule has 1 aliphatic rings. The number of hydrogen-bond donors (Lipinski definition) is 1. The zero-order valence-corrected chi connectivity index (χ0v) is 8.46. The predicted molar refractivity (Wildman–Crippen MR) is 53.7 cm³/mol. The summed E-state index contributed by atoms with van der Waals surface area (Å²) in [5.41, 5.74) is 1.44. The van der Waals surface area contributed by atoms with Gasteiger partial charge in [-0.2, -0.15) is 0 Å². The number of unbranched alkanes of at least 4 members (excludes halogenated alkanes) is 1. The summed E-state index contributed by atoms with van der Waals surface area (Å²) in [4.78, 5) is 0. The molecule has 2 nitrogen and oxygen atoms in total. The lowest BCUT2D eigenvalue weighted by atomic mass is 9.94. The summed E-state index contributed by atoms with van der Waals surface area (Å²) in [5.74, 6) is 0. The number of aliphatic hydroxyl groups excluding tert-OH is 1. The highest BCUT2D eigenvalue weighted by Crippen LogP contribution is 2.22. The predicted octanol–water partition coefficient (Wildman–Crippen LogP) is 2.27. The van der Waals surface area contributed by atoms with Crippen LogP contribution in [0.1, 0.15) is 38.5 Å². The van der Waals surface area contributed by atoms with Crippen LogP contribution >= 0.6 is 0 Å². The first-order valence-corrected chi connectivity index (χ1v) is 5.19. The van der Waals surface area contributed by atoms with Gasteiger partial charge in [0.05, 0.1) is 6.10 Å². The van der Waals surface area contributed by atoms with Crippen molar-refractivity contribution in [1.82, 2.24) is 0 Å². The molecule has 0 heterocycles. The minimum Gasteiger partial charge on any atom is -0.389 e. The van der Waals surface area contributed by atoms with Crippen molar-refractivity contribution < 1.29 is 9.84 Å². The Morgan fingerprint density at radius 1 is 1.54 bits per heavy atom. The zero-order valence-electron chi connectivity index (χ0n) is 8.46. The van der Waals surface area contributed by atoms with E-state index in [9.17, 15) is 5.11 Å². The van der Waals surface area contributed by atoms with Crippen molar-refractivity contribution in [3.63, 3.8) is 0 Å². The second-order valence-corrected chi connectivity index (χ2v) is 3.73. The van der Waals surface area contributed by atoms with Crippen molar-refractivity contribution in [3.8, 4) is 0 Å². The third-order valence-corrected chi connectivity index (χ3v) is 2.52. The minimum absolute atomic E-state index is 0.175. The molecule has 1 atom stereocenters. The van der Waals surface area contributed by atoms with E-state index in [2.05, 4.69) is 0 Å². The molecule has 0 saturated heterocycles. The second-order valence-electron chi connectivity index (χ2n) is 3.73. The molecule has 0 aliphatic heterocycles. The molecule has 13 heavy (non-hydrogen) atoms. The molecular formula is C11H20O2. The Hall–Kier alpha value is -0.340. The van der Waals surface area contributed by atoms with Crippen molar-refractivity contribution in [2.24, 2.45) is 0 Å². The summed E-state index contributed by atoms with van der Waals surface area (Å²) in [5, 5.41) is 9.38. The monoisotopic (exact) mass is 184 g/mol. The number of aliphatic hydroxyl groups is 1. The fourth-order valence-corrected chi connectivity index (χ4v) is 1.78. The van der Waals surface area contributed by atoms with Crippen molar-refractivity contribution >= 4 is 0 Å². The molecule has 0 amide bonds. The van der Waals surface area contributed by atoms with Gasteiger partial charge in [0.2, 0.25) is 0 Å². The molecule has 0 fully saturated rings. The average Bonchev–Trinajstić information content (AvgIpc) is 2.13. The standard InChI is InChI=1S/C11H20O2/c1-13-8-3-2-5-10-6-4-7-11(12)9-10/h9,11-12H,2-8H2,1H3. The quantitative estimate of drug-likeness (QED) is 0.524. The number of rotatable bonds is 5. The Labute approximate surface area is 80.6 Å². The Morgan fingerprint density at radius 3 is 3.08 bits per heavy atom. The smallest absolute Gasteiger partial charge is 0.0723 e. The SMILES string of the molecule is COCCCCC1=CC(O)CCC1. The number of methoxy groups -OCH3 is 1. The zero-order chi connectivity index (χ0) is 9.52. The van der Waals surface area contributed by atoms with Crippen LogP contribution in [-0.4, -0.2) is 24.9 Å². The normalized spacial score (nSPS) is 22.9. The van der Waals surface area contributed by atoms with Gasteiger partial charge >= 0.3 is 0 Å². The van der Waals surface area contributed by atoms with Crippen LogP contribution in [0.2, 0.25) is 0 Å². The van der Waals surface area contributed by atoms with E-state index in [0.29, 0.717) is 0 Å². The molecule has 0 aromatic heterocycles. The third kappa shape index (κ3) is 4.44. The summed E-state index contributed by atoms with van der Waals surface area (Å²) >= 11 is 0. The average molecular weight is 184 g/mol. The molecule has 0 radical (unpaired) electrons. The highest BCUT2D eigenvalue weighted by Gasteiger charge is 2.09. The Kier molecular flexibility index (Phi) is 5.09. The van der Waals surface area contributed by atoms with E-state index in [-0.39, 0.29) is 6.10 Å². The molecule has 0 aromatic rings. The second kappa shape index (κ2) is 6.17. The molecule has 0 saturated carbocycles. The van der Waals surface area contributed by atoms with Gasteiger partial charge in [0.15, 0.2) is 0 Å². The van der Waals surface area contributed by atoms with E-state index >= 15 is 0 Å². The molecule has 0 spiro atoms. The maximum Gasteiger partial charge on any atom is 0.0723 e. The van der Waals surface area contributed by atoms with E-state index < -0.39 is 0 Å². The minimum atomic E-state index is -0.175. The molecule has 2 heteroatoms. The van der Waals surface area contributed by atoms with Crippen LogP contribution < -0.4 is 0 Å². The Morgan fingerprint density at radius 2 is 2.38 bits per heavy atom. The highest BCUT2D eigenvalue weighted by atomic mass is 16.5. The summed E-state index contributed by atoms with van der Waals surface area (Å²) < 4.78 is 4.98. The van der Waals surface area contributed by atoms with Crippen molar-refractivity contribution in [2.75, 3.05) is 13.7 Å². The van der Waals surface area contributed by atoms with Crippen LogP contribution in [0.15, 0.2) is 11.6 Å². The van der Waals surface area contributed by atoms with E-state index in [4.69, 9.17) is 4.74 Å². The van der Waals surface area contributed by atoms with E-state index in [1.54, 1.807) is 7.11 Å². The van der Waals surface area contributed by atoms with Crippen LogP contribution in [0.25, 0.3) is 0 Å². The first-order chi connectivity index (χ1) is 6.33. The number of ether oxygens (including phenoxy) is 1. The Balaban J connectivity index is 2.13. The van der Waals surface area contributed by atoms with Crippen LogP contribution in [0.5, 0.6) is 0 Å². The topological polar surface area (TPSA) is 29.5 Å². The van der Waals surface area contributed by atoms with Crippen molar-refractivity contribution in [3.05, 3.63) is 11.6 Å². The number of hydrogen-bond acceptors (Lipinski definition) is 2. The summed E-state index contributed by atoms with van der Waals surface area (Å²) in [7, 11) is 1.74. The van der Waals surface area contributed by atoms with Gasteiger partial charge in [-0.3, -0.25) is 0 Å². The van der Waals surface area contributed by atoms with E-state index in [1.165, 1.54) is 18.4 Å². The first-order valence-electron chi connectivity index (χ1n) is 5.19. The fraction of sp³-hybridized carbons (Fsp3) is 0.818. The maximum absolute atomic E-state index is 9.38. The number of allylic oxidation sites excluding steroid dienone is 1. The first kappa shape index (κ1) is 10.7. The van der Waals surface area contributed by atoms with Gasteiger partial charge in [0, 0.05) is 13.7 Å². The lowest BCUT2D eigenvalue weighted by Crippen LogP contribution is -2.08. The van der Waals surface area contributed by atoms with E-state index in [0.717, 1.165) is 32.3 Å². The third-order valence-electron chi connectivity index (χ3n) is 2.52. The molecular weight excluding hydrogens is 164 g/mol. The largest absolute Gasteiger partial charge is 0.389 e. The lowest BCUT2D eigenvalue weighted by molar-refractivity contribution is 0.191. The molecule has 1 aliphatic carbocycles. The van der Waals surface area contributed by atoms with Crippen LogP contribution in [0.3, 0.4) is 0 Å². The van der Waals surface area contributed by atoms with Gasteiger partial charge in [-0.15, -0.1) is 0 Å². The summed E-state index contributed by atoms with van der Waals surface area (Å²) in [6.07, 6.45) is 8.60. The van der Waals surface area contributed by atoms with Gasteiger partial charge < -0.3 is 9.84 Å².